The maximum absolute atomic E-state index is 12.2. The number of fused-ring (bicyclic) bond motifs is 5. The van der Waals surface area contributed by atoms with Gasteiger partial charge in [0.25, 0.3) is 10.0 Å². The number of carbonyl (C=O) groups is 1. The van der Waals surface area contributed by atoms with E-state index in [0.717, 1.165) is 24.8 Å². The van der Waals surface area contributed by atoms with Crippen molar-refractivity contribution in [2.75, 3.05) is 0 Å². The molecule has 0 unspecified atom stereocenters. The van der Waals surface area contributed by atoms with E-state index in [1.54, 1.807) is 12.1 Å². The van der Waals surface area contributed by atoms with Crippen molar-refractivity contribution < 1.29 is 17.9 Å². The number of benzene rings is 1. The molecule has 0 aromatic heterocycles. The summed E-state index contributed by atoms with van der Waals surface area (Å²) < 4.78 is 32.0. The first-order chi connectivity index (χ1) is 11.4. The minimum atomic E-state index is -3.89. The molecule has 5 atom stereocenters. The second-order valence-electron chi connectivity index (χ2n) is 7.16. The number of aryl methyl sites for hydroxylation is 1. The van der Waals surface area contributed by atoms with Crippen LogP contribution in [0, 0.1) is 30.6 Å². The first kappa shape index (κ1) is 15.7. The molecule has 2 bridgehead atoms. The lowest BCUT2D eigenvalue weighted by Gasteiger charge is -2.30. The summed E-state index contributed by atoms with van der Waals surface area (Å²) in [6, 6.07) is 6.36. The molecule has 1 N–H and O–H groups in total. The Hall–Kier alpha value is -1.82. The fourth-order valence-electron chi connectivity index (χ4n) is 4.67. The lowest BCUT2D eigenvalue weighted by molar-refractivity contribution is 0.0454. The number of hydrogen-bond donors (Lipinski definition) is 1. The fourth-order valence-corrected chi connectivity index (χ4v) is 5.55. The number of allylic oxidation sites excluding steroid dienone is 2. The van der Waals surface area contributed by atoms with Crippen molar-refractivity contribution in [3.8, 4) is 0 Å². The van der Waals surface area contributed by atoms with Crippen LogP contribution in [0.4, 0.5) is 4.79 Å². The molecular weight excluding hydrogens is 326 g/mol. The van der Waals surface area contributed by atoms with Crippen LogP contribution in [-0.2, 0) is 14.8 Å². The normalized spacial score (nSPS) is 33.5. The van der Waals surface area contributed by atoms with Crippen LogP contribution in [0.25, 0.3) is 0 Å². The van der Waals surface area contributed by atoms with Gasteiger partial charge in [0, 0.05) is 5.92 Å². The Morgan fingerprint density at radius 3 is 2.67 bits per heavy atom. The molecular formula is C18H21NO4S. The van der Waals surface area contributed by atoms with E-state index >= 15 is 0 Å². The molecule has 5 nitrogen and oxygen atoms in total. The summed E-state index contributed by atoms with van der Waals surface area (Å²) in [6.07, 6.45) is 6.49. The van der Waals surface area contributed by atoms with E-state index in [9.17, 15) is 13.2 Å². The summed E-state index contributed by atoms with van der Waals surface area (Å²) in [4.78, 5) is 12.2. The highest BCUT2D eigenvalue weighted by Crippen LogP contribution is 2.57. The molecule has 0 spiro atoms. The average Bonchev–Trinajstić information content (AvgIpc) is 3.19. The molecule has 4 rings (SSSR count). The number of amides is 1. The Morgan fingerprint density at radius 1 is 1.17 bits per heavy atom. The summed E-state index contributed by atoms with van der Waals surface area (Å²) in [7, 11) is -3.89. The Kier molecular flexibility index (Phi) is 3.67. The third-order valence-electron chi connectivity index (χ3n) is 5.76. The van der Waals surface area contributed by atoms with Crippen molar-refractivity contribution in [1.82, 2.24) is 4.72 Å². The van der Waals surface area contributed by atoms with Gasteiger partial charge in [0.1, 0.15) is 6.10 Å². The van der Waals surface area contributed by atoms with Crippen molar-refractivity contribution in [3.63, 3.8) is 0 Å². The second-order valence-corrected chi connectivity index (χ2v) is 8.85. The van der Waals surface area contributed by atoms with Gasteiger partial charge >= 0.3 is 6.09 Å². The number of carbonyl (C=O) groups excluding carboxylic acids is 1. The Morgan fingerprint density at radius 2 is 1.92 bits per heavy atom. The average molecular weight is 347 g/mol. The van der Waals surface area contributed by atoms with Gasteiger partial charge in [-0.2, -0.15) is 0 Å². The van der Waals surface area contributed by atoms with E-state index in [4.69, 9.17) is 4.74 Å². The molecule has 3 aliphatic rings. The fraction of sp³-hybridized carbons (Fsp3) is 0.500. The van der Waals surface area contributed by atoms with E-state index in [2.05, 4.69) is 12.2 Å². The largest absolute Gasteiger partial charge is 0.445 e. The van der Waals surface area contributed by atoms with Crippen LogP contribution in [0.3, 0.4) is 0 Å². The molecule has 1 aromatic carbocycles. The zero-order chi connectivity index (χ0) is 16.9. The predicted octanol–water partition coefficient (Wildman–Crippen LogP) is 3.01. The molecule has 0 aliphatic heterocycles. The Bertz CT molecular complexity index is 784. The molecule has 24 heavy (non-hydrogen) atoms. The van der Waals surface area contributed by atoms with Crippen LogP contribution in [0.2, 0.25) is 0 Å². The Labute approximate surface area is 142 Å². The van der Waals surface area contributed by atoms with Gasteiger partial charge < -0.3 is 4.74 Å². The zero-order valence-corrected chi connectivity index (χ0v) is 14.3. The molecule has 1 amide bonds. The van der Waals surface area contributed by atoms with Crippen LogP contribution in [0.5, 0.6) is 0 Å². The maximum Gasteiger partial charge on any atom is 0.421 e. The van der Waals surface area contributed by atoms with E-state index < -0.39 is 16.1 Å². The highest BCUT2D eigenvalue weighted by atomic mass is 32.2. The lowest BCUT2D eigenvalue weighted by Crippen LogP contribution is -2.38. The summed E-state index contributed by atoms with van der Waals surface area (Å²) in [5.41, 5.74) is 0.956. The number of rotatable bonds is 3. The van der Waals surface area contributed by atoms with Gasteiger partial charge in [0.2, 0.25) is 0 Å². The monoisotopic (exact) mass is 347 g/mol. The third-order valence-corrected chi connectivity index (χ3v) is 7.08. The molecule has 0 saturated heterocycles. The minimum Gasteiger partial charge on any atom is -0.445 e. The molecule has 3 aliphatic carbocycles. The van der Waals surface area contributed by atoms with Gasteiger partial charge in [0.05, 0.1) is 4.90 Å². The summed E-state index contributed by atoms with van der Waals surface area (Å²) in [5, 5.41) is 0. The van der Waals surface area contributed by atoms with Crippen LogP contribution >= 0.6 is 0 Å². The number of hydrogen-bond acceptors (Lipinski definition) is 4. The minimum absolute atomic E-state index is 0.0665. The van der Waals surface area contributed by atoms with Crippen molar-refractivity contribution in [2.24, 2.45) is 23.7 Å². The van der Waals surface area contributed by atoms with Gasteiger partial charge in [-0.3, -0.25) is 0 Å². The first-order valence-corrected chi connectivity index (χ1v) is 9.89. The lowest BCUT2D eigenvalue weighted by atomic mass is 9.80. The molecule has 128 valence electrons. The molecule has 6 heteroatoms. The Balaban J connectivity index is 1.40. The molecule has 0 radical (unpaired) electrons. The summed E-state index contributed by atoms with van der Waals surface area (Å²) in [5.74, 6) is 2.14. The van der Waals surface area contributed by atoms with Gasteiger partial charge in [-0.05, 0) is 56.1 Å². The quantitative estimate of drug-likeness (QED) is 0.853. The molecule has 2 saturated carbocycles. The van der Waals surface area contributed by atoms with E-state index in [0.29, 0.717) is 23.7 Å². The smallest absolute Gasteiger partial charge is 0.421 e. The highest BCUT2D eigenvalue weighted by molar-refractivity contribution is 7.90. The molecule has 2 fully saturated rings. The topological polar surface area (TPSA) is 72.5 Å². The van der Waals surface area contributed by atoms with Gasteiger partial charge in [-0.15, -0.1) is 0 Å². The summed E-state index contributed by atoms with van der Waals surface area (Å²) in [6.45, 7) is 1.87. The third kappa shape index (κ3) is 2.62. The maximum atomic E-state index is 12.2. The molecule has 0 heterocycles. The standard InChI is InChI=1S/C18H21NO4S/c1-11-5-7-13(8-6-11)24(21,22)19-18(20)23-17-10-12-9-16(17)15-4-2-3-14(12)15/h2,4-8,12,14-17H,3,9-10H2,1H3,(H,19,20)/t12-,14+,15-,16-,17-/m1/s1. The highest BCUT2D eigenvalue weighted by Gasteiger charge is 2.53. The van der Waals surface area contributed by atoms with Crippen molar-refractivity contribution >= 4 is 16.1 Å². The van der Waals surface area contributed by atoms with Crippen molar-refractivity contribution in [2.45, 2.75) is 37.2 Å². The number of ether oxygens (including phenoxy) is 1. The summed E-state index contributed by atoms with van der Waals surface area (Å²) >= 11 is 0. The van der Waals surface area contributed by atoms with Gasteiger partial charge in [-0.1, -0.05) is 29.8 Å². The molecule has 1 aromatic rings. The first-order valence-electron chi connectivity index (χ1n) is 8.41. The van der Waals surface area contributed by atoms with Gasteiger partial charge in [0.15, 0.2) is 0 Å². The predicted molar refractivity (Wildman–Crippen MR) is 88.7 cm³/mol. The van der Waals surface area contributed by atoms with Crippen LogP contribution in [-0.4, -0.2) is 20.6 Å². The van der Waals surface area contributed by atoms with E-state index in [1.165, 1.54) is 12.1 Å². The SMILES string of the molecule is Cc1ccc(S(=O)(=O)NC(=O)O[C@@H]2C[C@H]3C[C@@H]2[C@@H]2C=CC[C@@H]32)cc1. The van der Waals surface area contributed by atoms with Gasteiger partial charge in [-0.25, -0.2) is 17.9 Å². The van der Waals surface area contributed by atoms with Crippen molar-refractivity contribution in [3.05, 3.63) is 42.0 Å². The van der Waals surface area contributed by atoms with Crippen LogP contribution < -0.4 is 4.72 Å². The number of nitrogens with one attached hydrogen (secondary N) is 1. The number of sulfonamides is 1. The van der Waals surface area contributed by atoms with E-state index in [-0.39, 0.29) is 11.0 Å². The van der Waals surface area contributed by atoms with Crippen LogP contribution in [0.15, 0.2) is 41.3 Å². The zero-order valence-electron chi connectivity index (χ0n) is 13.5. The van der Waals surface area contributed by atoms with Crippen molar-refractivity contribution in [1.29, 1.82) is 0 Å². The second kappa shape index (κ2) is 5.62. The van der Waals surface area contributed by atoms with E-state index in [1.807, 2.05) is 11.6 Å². The van der Waals surface area contributed by atoms with Crippen LogP contribution in [0.1, 0.15) is 24.8 Å².